The molecule has 4 rings (SSSR count). The van der Waals surface area contributed by atoms with Gasteiger partial charge in [-0.05, 0) is 38.1 Å². The number of carbonyl (C=O) groups is 1. The largest absolute Gasteiger partial charge is 0.384 e. The molecule has 3 heterocycles. The van der Waals surface area contributed by atoms with Gasteiger partial charge in [0.2, 0.25) is 5.91 Å². The molecule has 2 aromatic rings. The van der Waals surface area contributed by atoms with E-state index >= 15 is 0 Å². The Bertz CT molecular complexity index is 768. The van der Waals surface area contributed by atoms with Gasteiger partial charge in [-0.1, -0.05) is 24.3 Å². The van der Waals surface area contributed by atoms with Crippen LogP contribution in [0.3, 0.4) is 0 Å². The molecule has 1 amide bonds. The van der Waals surface area contributed by atoms with Gasteiger partial charge in [-0.15, -0.1) is 0 Å². The highest BCUT2D eigenvalue weighted by atomic mass is 16.5. The first-order chi connectivity index (χ1) is 12.2. The van der Waals surface area contributed by atoms with Gasteiger partial charge in [0.1, 0.15) is 0 Å². The van der Waals surface area contributed by atoms with E-state index < -0.39 is 0 Å². The van der Waals surface area contributed by atoms with Crippen molar-refractivity contribution >= 4 is 16.8 Å². The molecule has 2 aliphatic rings. The van der Waals surface area contributed by atoms with Crippen LogP contribution in [0.2, 0.25) is 0 Å². The third-order valence-electron chi connectivity index (χ3n) is 5.90. The Labute approximate surface area is 148 Å². The van der Waals surface area contributed by atoms with Crippen molar-refractivity contribution in [2.45, 2.75) is 19.4 Å². The molecule has 0 saturated carbocycles. The maximum Gasteiger partial charge on any atom is 0.226 e. The Balaban J connectivity index is 1.42. The quantitative estimate of drug-likeness (QED) is 0.928. The first kappa shape index (κ1) is 16.5. The average Bonchev–Trinajstić information content (AvgIpc) is 2.94. The van der Waals surface area contributed by atoms with Crippen LogP contribution in [0.4, 0.5) is 0 Å². The Morgan fingerprint density at radius 3 is 2.84 bits per heavy atom. The van der Waals surface area contributed by atoms with E-state index in [9.17, 15) is 4.79 Å². The molecule has 1 N–H and O–H groups in total. The number of nitrogens with zero attached hydrogens (tertiary/aromatic N) is 2. The van der Waals surface area contributed by atoms with Gasteiger partial charge in [-0.25, -0.2) is 0 Å². The van der Waals surface area contributed by atoms with Crippen molar-refractivity contribution in [3.05, 3.63) is 42.1 Å². The number of para-hydroxylation sites is 1. The fourth-order valence-electron chi connectivity index (χ4n) is 4.31. The fourth-order valence-corrected chi connectivity index (χ4v) is 4.31. The summed E-state index contributed by atoms with van der Waals surface area (Å²) in [5, 5.41) is 4.23. The van der Waals surface area contributed by atoms with E-state index in [1.165, 1.54) is 5.39 Å². The Hall–Kier alpha value is -1.98. The summed E-state index contributed by atoms with van der Waals surface area (Å²) in [7, 11) is 1.68. The maximum absolute atomic E-state index is 12.1. The number of hydrogen-bond donors (Lipinski definition) is 1. The van der Waals surface area contributed by atoms with Crippen LogP contribution in [0, 0.1) is 11.3 Å². The number of benzene rings is 1. The summed E-state index contributed by atoms with van der Waals surface area (Å²) in [6, 6.07) is 12.5. The zero-order valence-electron chi connectivity index (χ0n) is 14.7. The second-order valence-electron chi connectivity index (χ2n) is 7.36. The van der Waals surface area contributed by atoms with Crippen molar-refractivity contribution in [1.29, 1.82) is 0 Å². The molecule has 0 bridgehead atoms. The van der Waals surface area contributed by atoms with Gasteiger partial charge in [-0.2, -0.15) is 0 Å². The highest BCUT2D eigenvalue weighted by molar-refractivity contribution is 5.82. The molecular weight excluding hydrogens is 314 g/mol. The van der Waals surface area contributed by atoms with Gasteiger partial charge in [0.05, 0.1) is 23.7 Å². The molecule has 5 nitrogen and oxygen atoms in total. The van der Waals surface area contributed by atoms with Crippen LogP contribution in [-0.2, 0) is 16.1 Å². The number of amides is 1. The number of fused-ring (bicyclic) bond motifs is 1. The summed E-state index contributed by atoms with van der Waals surface area (Å²) in [6.45, 7) is 4.20. The van der Waals surface area contributed by atoms with E-state index in [0.29, 0.717) is 6.61 Å². The number of aromatic nitrogens is 1. The lowest BCUT2D eigenvalue weighted by molar-refractivity contribution is -0.126. The summed E-state index contributed by atoms with van der Waals surface area (Å²) < 4.78 is 5.30. The summed E-state index contributed by atoms with van der Waals surface area (Å²) in [6.07, 6.45) is 2.07. The van der Waals surface area contributed by atoms with Gasteiger partial charge >= 0.3 is 0 Å². The predicted octanol–water partition coefficient (Wildman–Crippen LogP) is 2.21. The number of rotatable bonds is 4. The molecule has 1 aromatic heterocycles. The SMILES string of the molecule is COC[C@H]1C(=O)NCC12CCN(Cc1ccc3ccccc3n1)CC2. The number of carbonyl (C=O) groups excluding carboxylic acids is 1. The van der Waals surface area contributed by atoms with Crippen LogP contribution < -0.4 is 5.32 Å². The van der Waals surface area contributed by atoms with Crippen LogP contribution in [0.25, 0.3) is 10.9 Å². The molecule has 2 fully saturated rings. The predicted molar refractivity (Wildman–Crippen MR) is 97.1 cm³/mol. The molecule has 2 aliphatic heterocycles. The average molecular weight is 339 g/mol. The van der Waals surface area contributed by atoms with Crippen molar-refractivity contribution in [3.8, 4) is 0 Å². The third kappa shape index (κ3) is 3.14. The topological polar surface area (TPSA) is 54.5 Å². The molecule has 5 heteroatoms. The van der Waals surface area contributed by atoms with Crippen LogP contribution >= 0.6 is 0 Å². The number of methoxy groups -OCH3 is 1. The van der Waals surface area contributed by atoms with E-state index in [-0.39, 0.29) is 17.2 Å². The molecule has 0 unspecified atom stereocenters. The molecule has 25 heavy (non-hydrogen) atoms. The van der Waals surface area contributed by atoms with Crippen LogP contribution in [-0.4, -0.2) is 49.1 Å². The smallest absolute Gasteiger partial charge is 0.226 e. The van der Waals surface area contributed by atoms with Crippen molar-refractivity contribution in [2.24, 2.45) is 11.3 Å². The zero-order chi connectivity index (χ0) is 17.3. The highest BCUT2D eigenvalue weighted by Gasteiger charge is 2.49. The summed E-state index contributed by atoms with van der Waals surface area (Å²) >= 11 is 0. The normalized spacial score (nSPS) is 23.2. The van der Waals surface area contributed by atoms with E-state index in [2.05, 4.69) is 34.5 Å². The monoisotopic (exact) mass is 339 g/mol. The number of ether oxygens (including phenoxy) is 1. The summed E-state index contributed by atoms with van der Waals surface area (Å²) in [5.74, 6) is 0.157. The number of hydrogen-bond acceptors (Lipinski definition) is 4. The Morgan fingerprint density at radius 2 is 2.04 bits per heavy atom. The second-order valence-corrected chi connectivity index (χ2v) is 7.36. The van der Waals surface area contributed by atoms with Gasteiger partial charge in [0, 0.05) is 31.0 Å². The van der Waals surface area contributed by atoms with E-state index in [0.717, 1.165) is 50.2 Å². The van der Waals surface area contributed by atoms with E-state index in [1.54, 1.807) is 7.11 Å². The zero-order valence-corrected chi connectivity index (χ0v) is 14.7. The lowest BCUT2D eigenvalue weighted by Crippen LogP contribution is -2.45. The summed E-state index contributed by atoms with van der Waals surface area (Å²) in [5.41, 5.74) is 2.24. The minimum absolute atomic E-state index is 0.00144. The molecule has 132 valence electrons. The van der Waals surface area contributed by atoms with Gasteiger partial charge in [0.25, 0.3) is 0 Å². The van der Waals surface area contributed by atoms with E-state index in [4.69, 9.17) is 9.72 Å². The van der Waals surface area contributed by atoms with Crippen molar-refractivity contribution < 1.29 is 9.53 Å². The second kappa shape index (κ2) is 6.73. The van der Waals surface area contributed by atoms with Crippen LogP contribution in [0.5, 0.6) is 0 Å². The number of nitrogens with one attached hydrogen (secondary N) is 1. The third-order valence-corrected chi connectivity index (χ3v) is 5.90. The maximum atomic E-state index is 12.1. The Kier molecular flexibility index (Phi) is 4.44. The van der Waals surface area contributed by atoms with E-state index in [1.807, 2.05) is 12.1 Å². The molecular formula is C20H25N3O2. The van der Waals surface area contributed by atoms with Gasteiger partial charge in [0.15, 0.2) is 0 Å². The fraction of sp³-hybridized carbons (Fsp3) is 0.500. The number of likely N-dealkylation sites (tertiary alicyclic amines) is 1. The van der Waals surface area contributed by atoms with Crippen molar-refractivity contribution in [3.63, 3.8) is 0 Å². The lowest BCUT2D eigenvalue weighted by Gasteiger charge is -2.41. The number of piperidine rings is 1. The van der Waals surface area contributed by atoms with Crippen LogP contribution in [0.15, 0.2) is 36.4 Å². The molecule has 1 atom stereocenters. The lowest BCUT2D eigenvalue weighted by atomic mass is 9.71. The highest BCUT2D eigenvalue weighted by Crippen LogP contribution is 2.42. The molecule has 0 radical (unpaired) electrons. The van der Waals surface area contributed by atoms with Crippen molar-refractivity contribution in [2.75, 3.05) is 33.4 Å². The molecule has 2 saturated heterocycles. The minimum atomic E-state index is -0.00144. The molecule has 1 aromatic carbocycles. The molecule has 1 spiro atoms. The van der Waals surface area contributed by atoms with Crippen molar-refractivity contribution in [1.82, 2.24) is 15.2 Å². The number of pyridine rings is 1. The first-order valence-corrected chi connectivity index (χ1v) is 9.04. The minimum Gasteiger partial charge on any atom is -0.384 e. The summed E-state index contributed by atoms with van der Waals surface area (Å²) in [4.78, 5) is 19.4. The first-order valence-electron chi connectivity index (χ1n) is 9.04. The van der Waals surface area contributed by atoms with Gasteiger partial charge in [-0.3, -0.25) is 14.7 Å². The molecule has 0 aliphatic carbocycles. The van der Waals surface area contributed by atoms with Gasteiger partial charge < -0.3 is 10.1 Å². The Morgan fingerprint density at radius 1 is 1.24 bits per heavy atom. The standard InChI is InChI=1S/C20H25N3O2/c1-25-13-17-19(24)21-14-20(17)8-10-23(11-9-20)12-16-7-6-15-4-2-3-5-18(15)22-16/h2-7,17H,8-14H2,1H3,(H,21,24)/t17-/m0/s1. The van der Waals surface area contributed by atoms with Crippen LogP contribution in [0.1, 0.15) is 18.5 Å².